The summed E-state index contributed by atoms with van der Waals surface area (Å²) < 4.78 is 6.18. The number of hydrogen-bond donors (Lipinski definition) is 2. The minimum absolute atomic E-state index is 0.0172. The zero-order valence-electron chi connectivity index (χ0n) is 22.3. The number of anilines is 1. The van der Waals surface area contributed by atoms with E-state index >= 15 is 0 Å². The molecule has 0 aliphatic carbocycles. The number of carbonyl (C=O) groups excluding carboxylic acids is 3. The van der Waals surface area contributed by atoms with Crippen molar-refractivity contribution in [2.75, 3.05) is 38.6 Å². The third kappa shape index (κ3) is 6.04. The Morgan fingerprint density at radius 1 is 1.18 bits per heavy atom. The summed E-state index contributed by atoms with van der Waals surface area (Å²) in [5, 5.41) is 3.70. The number of amides is 3. The number of pyridine rings is 1. The van der Waals surface area contributed by atoms with Crippen LogP contribution in [0, 0.1) is 5.92 Å². The minimum atomic E-state index is -0.796. The van der Waals surface area contributed by atoms with Gasteiger partial charge in [-0.1, -0.05) is 13.0 Å². The van der Waals surface area contributed by atoms with Crippen molar-refractivity contribution >= 4 is 45.0 Å². The first-order valence-corrected chi connectivity index (χ1v) is 14.2. The van der Waals surface area contributed by atoms with Gasteiger partial charge in [-0.15, -0.1) is 11.3 Å². The van der Waals surface area contributed by atoms with Crippen molar-refractivity contribution in [2.24, 2.45) is 11.7 Å². The fourth-order valence-corrected chi connectivity index (χ4v) is 6.40. The van der Waals surface area contributed by atoms with Crippen molar-refractivity contribution in [1.29, 1.82) is 0 Å². The molecule has 0 spiro atoms. The maximum atomic E-state index is 13.4. The first-order chi connectivity index (χ1) is 18.8. The predicted octanol–water partition coefficient (Wildman–Crippen LogP) is 3.38. The van der Waals surface area contributed by atoms with E-state index in [4.69, 9.17) is 15.5 Å². The van der Waals surface area contributed by atoms with E-state index in [0.717, 1.165) is 46.6 Å². The lowest BCUT2D eigenvalue weighted by atomic mass is 9.89. The Morgan fingerprint density at radius 2 is 1.97 bits per heavy atom. The number of hydrogen-bond acceptors (Lipinski definition) is 8. The topological polar surface area (TPSA) is 131 Å². The fourth-order valence-electron chi connectivity index (χ4n) is 5.46. The zero-order valence-corrected chi connectivity index (χ0v) is 23.1. The number of aromatic nitrogens is 2. The number of carbonyl (C=O) groups is 3. The van der Waals surface area contributed by atoms with Crippen LogP contribution >= 0.6 is 11.3 Å². The van der Waals surface area contributed by atoms with Gasteiger partial charge in [0.15, 0.2) is 0 Å². The summed E-state index contributed by atoms with van der Waals surface area (Å²) in [6.07, 6.45) is 6.54. The smallest absolute Gasteiger partial charge is 0.313 e. The number of benzene rings is 1. The lowest BCUT2D eigenvalue weighted by molar-refractivity contribution is -0.146. The molecular weight excluding hydrogens is 516 g/mol. The maximum Gasteiger partial charge on any atom is 0.313 e. The van der Waals surface area contributed by atoms with Gasteiger partial charge in [-0.25, -0.2) is 9.97 Å². The second-order valence-corrected chi connectivity index (χ2v) is 11.5. The van der Waals surface area contributed by atoms with E-state index < -0.39 is 17.7 Å². The van der Waals surface area contributed by atoms with Crippen molar-refractivity contribution in [2.45, 2.75) is 45.1 Å². The monoisotopic (exact) mass is 550 g/mol. The Labute approximate surface area is 231 Å². The predicted molar refractivity (Wildman–Crippen MR) is 150 cm³/mol. The number of primary amides is 1. The first-order valence-electron chi connectivity index (χ1n) is 13.4. The van der Waals surface area contributed by atoms with Crippen LogP contribution in [0.2, 0.25) is 0 Å². The third-order valence-electron chi connectivity index (χ3n) is 7.52. The number of nitrogens with zero attached hydrogens (tertiary/aromatic N) is 4. The molecule has 4 heterocycles. The van der Waals surface area contributed by atoms with Crippen molar-refractivity contribution in [3.63, 3.8) is 0 Å². The molecule has 3 N–H and O–H groups in total. The minimum Gasteiger partial charge on any atom is -0.480 e. The summed E-state index contributed by atoms with van der Waals surface area (Å²) in [6, 6.07) is 7.32. The number of rotatable bonds is 7. The average molecular weight is 551 g/mol. The van der Waals surface area contributed by atoms with E-state index in [1.165, 1.54) is 45.3 Å². The van der Waals surface area contributed by atoms with Crippen molar-refractivity contribution in [3.05, 3.63) is 46.6 Å². The molecule has 2 saturated heterocycles. The molecule has 206 valence electrons. The van der Waals surface area contributed by atoms with Gasteiger partial charge in [0.25, 0.3) is 5.91 Å². The second-order valence-electron chi connectivity index (χ2n) is 10.4. The molecule has 10 nitrogen and oxygen atoms in total. The maximum absolute atomic E-state index is 13.4. The summed E-state index contributed by atoms with van der Waals surface area (Å²) >= 11 is 1.73. The Hall–Kier alpha value is -3.57. The highest BCUT2D eigenvalue weighted by Gasteiger charge is 2.34. The van der Waals surface area contributed by atoms with Gasteiger partial charge in [-0.3, -0.25) is 14.4 Å². The van der Waals surface area contributed by atoms with Gasteiger partial charge in [0, 0.05) is 19.5 Å². The number of methoxy groups -OCH3 is 1. The van der Waals surface area contributed by atoms with Crippen LogP contribution in [0.15, 0.2) is 30.5 Å². The van der Waals surface area contributed by atoms with Crippen molar-refractivity contribution in [1.82, 2.24) is 19.8 Å². The molecule has 0 radical (unpaired) electrons. The van der Waals surface area contributed by atoms with Gasteiger partial charge in [0.1, 0.15) is 5.56 Å². The van der Waals surface area contributed by atoms with E-state index in [9.17, 15) is 14.4 Å². The molecule has 0 bridgehead atoms. The highest BCUT2D eigenvalue weighted by molar-refractivity contribution is 7.18. The van der Waals surface area contributed by atoms with Crippen molar-refractivity contribution < 1.29 is 19.1 Å². The molecule has 5 rings (SSSR count). The van der Waals surface area contributed by atoms with Gasteiger partial charge in [-0.05, 0) is 68.5 Å². The molecule has 1 unspecified atom stereocenters. The molecule has 3 amide bonds. The summed E-state index contributed by atoms with van der Waals surface area (Å²) in [5.74, 6) is -1.86. The molecule has 0 saturated carbocycles. The molecule has 2 atom stereocenters. The van der Waals surface area contributed by atoms with Gasteiger partial charge >= 0.3 is 11.8 Å². The van der Waals surface area contributed by atoms with E-state index in [1.807, 2.05) is 0 Å². The van der Waals surface area contributed by atoms with Crippen LogP contribution in [0.4, 0.5) is 5.69 Å². The summed E-state index contributed by atoms with van der Waals surface area (Å²) in [6.45, 7) is 5.94. The van der Waals surface area contributed by atoms with E-state index in [0.29, 0.717) is 6.54 Å². The highest BCUT2D eigenvalue weighted by Crippen LogP contribution is 2.36. The lowest BCUT2D eigenvalue weighted by Crippen LogP contribution is -2.46. The van der Waals surface area contributed by atoms with E-state index in [1.54, 1.807) is 16.2 Å². The zero-order chi connectivity index (χ0) is 27.5. The van der Waals surface area contributed by atoms with E-state index in [2.05, 4.69) is 40.3 Å². The van der Waals surface area contributed by atoms with Crippen LogP contribution in [0.3, 0.4) is 0 Å². The first kappa shape index (κ1) is 27.0. The van der Waals surface area contributed by atoms with Crippen LogP contribution in [0.25, 0.3) is 10.2 Å². The molecule has 2 aromatic heterocycles. The summed E-state index contributed by atoms with van der Waals surface area (Å²) in [7, 11) is 1.37. The van der Waals surface area contributed by atoms with Gasteiger partial charge in [0.2, 0.25) is 5.88 Å². The molecule has 1 aromatic carbocycles. The third-order valence-corrected chi connectivity index (χ3v) is 8.62. The number of fused-ring (bicyclic) bond motifs is 1. The van der Waals surface area contributed by atoms with Crippen molar-refractivity contribution in [3.8, 4) is 5.88 Å². The summed E-state index contributed by atoms with van der Waals surface area (Å²) in [4.78, 5) is 51.2. The average Bonchev–Trinajstić information content (AvgIpc) is 3.60. The van der Waals surface area contributed by atoms with E-state index in [-0.39, 0.29) is 29.1 Å². The Morgan fingerprint density at radius 3 is 2.72 bits per heavy atom. The molecule has 2 aliphatic rings. The molecule has 2 aliphatic heterocycles. The van der Waals surface area contributed by atoms with Crippen LogP contribution in [-0.4, -0.2) is 70.8 Å². The number of nitrogens with two attached hydrogens (primary N) is 1. The molecule has 2 fully saturated rings. The Kier molecular flexibility index (Phi) is 8.08. The van der Waals surface area contributed by atoms with Crippen LogP contribution in [0.5, 0.6) is 5.88 Å². The summed E-state index contributed by atoms with van der Waals surface area (Å²) in [5.41, 5.74) is 7.52. The molecular formula is C28H34N6O4S. The largest absolute Gasteiger partial charge is 0.480 e. The van der Waals surface area contributed by atoms with Crippen LogP contribution in [0.1, 0.15) is 59.6 Å². The number of likely N-dealkylation sites (tertiary alicyclic amines) is 2. The Bertz CT molecular complexity index is 1390. The van der Waals surface area contributed by atoms with Gasteiger partial charge in [-0.2, -0.15) is 0 Å². The molecule has 11 heteroatoms. The Balaban J connectivity index is 1.32. The standard InChI is InChI=1S/C28H34N6O4S/c1-17-5-7-22(18-6-8-23-21(13-18)32-24(39-23)9-12-33-10-3-4-11-33)34(16-17)28(37)26(36)31-19-14-20(25(29)35)27(38-2)30-15-19/h6,8,13-15,17,22H,3-5,7,9-12,16H2,1-2H3,(H2,29,35)(H,31,36)/t17-,22?/m0/s1. The molecule has 39 heavy (non-hydrogen) atoms. The fraction of sp³-hybridized carbons (Fsp3) is 0.464. The number of thiazole rings is 1. The van der Waals surface area contributed by atoms with Crippen LogP contribution in [-0.2, 0) is 16.0 Å². The van der Waals surface area contributed by atoms with Gasteiger partial charge in [0.05, 0.1) is 40.3 Å². The number of nitrogens with one attached hydrogen (secondary N) is 1. The van der Waals surface area contributed by atoms with Gasteiger partial charge < -0.3 is 25.6 Å². The molecule has 3 aromatic rings. The SMILES string of the molecule is COc1ncc(NC(=O)C(=O)N2C[C@@H](C)CCC2c2ccc3sc(CCN4CCCC4)nc3c2)cc1C(N)=O. The number of ether oxygens (including phenoxy) is 1. The lowest BCUT2D eigenvalue weighted by Gasteiger charge is -2.38. The van der Waals surface area contributed by atoms with Crippen LogP contribution < -0.4 is 15.8 Å². The normalized spacial score (nSPS) is 19.8. The number of piperidine rings is 1. The highest BCUT2D eigenvalue weighted by atomic mass is 32.1. The quantitative estimate of drug-likeness (QED) is 0.431. The second kappa shape index (κ2) is 11.7.